The lowest BCUT2D eigenvalue weighted by Gasteiger charge is -2.09. The first kappa shape index (κ1) is 18.7. The molecule has 0 radical (unpaired) electrons. The Morgan fingerprint density at radius 1 is 0.935 bits per heavy atom. The van der Waals surface area contributed by atoms with E-state index in [-0.39, 0.29) is 5.92 Å². The molecule has 4 heteroatoms. The van der Waals surface area contributed by atoms with Gasteiger partial charge in [-0.05, 0) is 58.5 Å². The Kier molecular flexibility index (Phi) is 5.15. The fraction of sp³-hybridized carbons (Fsp3) is 0.0370. The lowest BCUT2D eigenvalue weighted by Crippen LogP contribution is -1.94. The quantitative estimate of drug-likeness (QED) is 0.402. The number of nitrogens with zero attached hydrogens (tertiary/aromatic N) is 2. The molecule has 0 amide bonds. The van der Waals surface area contributed by atoms with E-state index in [0.717, 1.165) is 33.6 Å². The number of hydrogen-bond acceptors (Lipinski definition) is 2. The van der Waals surface area contributed by atoms with Crippen LogP contribution in [0.25, 0.3) is 35.2 Å². The van der Waals surface area contributed by atoms with Crippen molar-refractivity contribution in [3.05, 3.63) is 101 Å². The largest absolute Gasteiger partial charge is 0.361 e. The van der Waals surface area contributed by atoms with Gasteiger partial charge in [-0.15, -0.1) is 0 Å². The van der Waals surface area contributed by atoms with Crippen molar-refractivity contribution in [1.29, 1.82) is 0 Å². The summed E-state index contributed by atoms with van der Waals surface area (Å²) in [5.74, 6) is 3.21. The third-order valence-electron chi connectivity index (χ3n) is 5.17. The molecule has 31 heavy (non-hydrogen) atoms. The second kappa shape index (κ2) is 8.56. The summed E-state index contributed by atoms with van der Waals surface area (Å²) in [7, 11) is 0. The first-order valence-corrected chi connectivity index (χ1v) is 10.1. The van der Waals surface area contributed by atoms with E-state index in [0.29, 0.717) is 0 Å². The van der Waals surface area contributed by atoms with Crippen LogP contribution in [0.2, 0.25) is 0 Å². The zero-order valence-corrected chi connectivity index (χ0v) is 16.8. The van der Waals surface area contributed by atoms with E-state index in [9.17, 15) is 0 Å². The standard InChI is InChI=1S/C27H20N4/c1-2-6-26(22-5-3-15-28-16-13-22)21(4-1)10-12-25-19-24(30-31-25)11-8-20-7-9-23-14-17-29-27(23)18-20/h1-12,14-15,17-19,22,29H,(H,30,31)/b11-8+,12-10+. The third-order valence-corrected chi connectivity index (χ3v) is 5.17. The maximum Gasteiger partial charge on any atom is 0.0854 e. The Bertz CT molecular complexity index is 1400. The Morgan fingerprint density at radius 2 is 1.90 bits per heavy atom. The molecular formula is C27H20N4. The van der Waals surface area contributed by atoms with E-state index in [4.69, 9.17) is 0 Å². The minimum Gasteiger partial charge on any atom is -0.361 e. The summed E-state index contributed by atoms with van der Waals surface area (Å²) < 4.78 is 0. The number of aromatic amines is 2. The van der Waals surface area contributed by atoms with Crippen LogP contribution in [0.3, 0.4) is 0 Å². The third kappa shape index (κ3) is 4.31. The van der Waals surface area contributed by atoms with Gasteiger partial charge in [-0.1, -0.05) is 60.5 Å². The summed E-state index contributed by atoms with van der Waals surface area (Å²) in [6, 6.07) is 21.6. The van der Waals surface area contributed by atoms with Crippen LogP contribution < -0.4 is 0 Å². The van der Waals surface area contributed by atoms with Crippen molar-refractivity contribution in [2.75, 3.05) is 0 Å². The minimum atomic E-state index is 0.0260. The SMILES string of the molecule is C1#CC(c2ccccc2/C=C/c2cc(/C=C/c3ccc4cc[nH]c4c3)[nH]n2)C=CC=N1. The van der Waals surface area contributed by atoms with Crippen LogP contribution in [0.15, 0.2) is 77.9 Å². The molecule has 2 aromatic carbocycles. The highest BCUT2D eigenvalue weighted by atomic mass is 15.1. The summed E-state index contributed by atoms with van der Waals surface area (Å²) in [5.41, 5.74) is 6.37. The molecule has 0 fully saturated rings. The van der Waals surface area contributed by atoms with Crippen LogP contribution in [-0.4, -0.2) is 21.4 Å². The summed E-state index contributed by atoms with van der Waals surface area (Å²) in [5, 5.41) is 8.71. The van der Waals surface area contributed by atoms with Crippen molar-refractivity contribution in [3.8, 4) is 12.0 Å². The molecule has 0 bridgehead atoms. The molecular weight excluding hydrogens is 380 g/mol. The zero-order chi connectivity index (χ0) is 20.9. The van der Waals surface area contributed by atoms with Crippen molar-refractivity contribution < 1.29 is 0 Å². The predicted octanol–water partition coefficient (Wildman–Crippen LogP) is 5.92. The van der Waals surface area contributed by atoms with Crippen LogP contribution >= 0.6 is 0 Å². The van der Waals surface area contributed by atoms with Crippen molar-refractivity contribution in [1.82, 2.24) is 15.2 Å². The molecule has 4 nitrogen and oxygen atoms in total. The Balaban J connectivity index is 1.33. The van der Waals surface area contributed by atoms with Crippen molar-refractivity contribution in [2.45, 2.75) is 5.92 Å². The fourth-order valence-electron chi connectivity index (χ4n) is 3.58. The minimum absolute atomic E-state index is 0.0260. The molecule has 4 aromatic rings. The maximum absolute atomic E-state index is 4.41. The average Bonchev–Trinajstić information content (AvgIpc) is 3.38. The van der Waals surface area contributed by atoms with Gasteiger partial charge < -0.3 is 4.98 Å². The number of aliphatic imine (C=N–C) groups is 1. The average molecular weight is 400 g/mol. The number of H-pyrrole nitrogens is 2. The predicted molar refractivity (Wildman–Crippen MR) is 129 cm³/mol. The van der Waals surface area contributed by atoms with Crippen LogP contribution in [0.1, 0.15) is 34.0 Å². The maximum atomic E-state index is 4.41. The molecule has 2 N–H and O–H groups in total. The van der Waals surface area contributed by atoms with E-state index in [2.05, 4.69) is 86.8 Å². The van der Waals surface area contributed by atoms with Crippen molar-refractivity contribution in [3.63, 3.8) is 0 Å². The topological polar surface area (TPSA) is 56.8 Å². The van der Waals surface area contributed by atoms with Crippen LogP contribution in [0, 0.1) is 12.0 Å². The van der Waals surface area contributed by atoms with Gasteiger partial charge in [-0.3, -0.25) is 5.10 Å². The molecule has 0 saturated heterocycles. The smallest absolute Gasteiger partial charge is 0.0854 e. The number of nitrogens with one attached hydrogen (secondary N) is 2. The Labute approximate surface area is 180 Å². The van der Waals surface area contributed by atoms with Crippen molar-refractivity contribution in [2.24, 2.45) is 4.99 Å². The number of rotatable bonds is 5. The van der Waals surface area contributed by atoms with Gasteiger partial charge in [-0.25, -0.2) is 4.99 Å². The molecule has 1 aliphatic heterocycles. The normalized spacial score (nSPS) is 15.5. The summed E-state index contributed by atoms with van der Waals surface area (Å²) >= 11 is 0. The zero-order valence-electron chi connectivity index (χ0n) is 16.8. The fourth-order valence-corrected chi connectivity index (χ4v) is 3.58. The number of benzene rings is 2. The van der Waals surface area contributed by atoms with Gasteiger partial charge in [0.25, 0.3) is 0 Å². The molecule has 0 aliphatic carbocycles. The number of hydrogen-bond donors (Lipinski definition) is 2. The molecule has 3 heterocycles. The summed E-state index contributed by atoms with van der Waals surface area (Å²) in [6.45, 7) is 0. The number of aromatic nitrogens is 3. The van der Waals surface area contributed by atoms with Gasteiger partial charge in [0.2, 0.25) is 0 Å². The highest BCUT2D eigenvalue weighted by Crippen LogP contribution is 2.23. The van der Waals surface area contributed by atoms with E-state index < -0.39 is 0 Å². The lowest BCUT2D eigenvalue weighted by molar-refractivity contribution is 1.07. The van der Waals surface area contributed by atoms with Gasteiger partial charge in [0.15, 0.2) is 0 Å². The molecule has 148 valence electrons. The highest BCUT2D eigenvalue weighted by Gasteiger charge is 2.09. The van der Waals surface area contributed by atoms with Crippen LogP contribution in [-0.2, 0) is 0 Å². The van der Waals surface area contributed by atoms with Crippen LogP contribution in [0.4, 0.5) is 0 Å². The Hall–Kier alpha value is -4.36. The van der Waals surface area contributed by atoms with Gasteiger partial charge in [0.1, 0.15) is 0 Å². The number of allylic oxidation sites excluding steroid dienone is 2. The molecule has 0 spiro atoms. The summed E-state index contributed by atoms with van der Waals surface area (Å²) in [6.07, 6.45) is 15.9. The number of fused-ring (bicyclic) bond motifs is 1. The van der Waals surface area contributed by atoms with Crippen LogP contribution in [0.5, 0.6) is 0 Å². The first-order chi connectivity index (χ1) is 15.3. The molecule has 1 aliphatic rings. The van der Waals surface area contributed by atoms with Gasteiger partial charge in [-0.2, -0.15) is 5.10 Å². The van der Waals surface area contributed by atoms with E-state index in [1.54, 1.807) is 6.21 Å². The molecule has 2 aromatic heterocycles. The van der Waals surface area contributed by atoms with E-state index >= 15 is 0 Å². The van der Waals surface area contributed by atoms with Gasteiger partial charge >= 0.3 is 0 Å². The molecule has 1 atom stereocenters. The highest BCUT2D eigenvalue weighted by molar-refractivity contribution is 5.83. The lowest BCUT2D eigenvalue weighted by atomic mass is 9.94. The Morgan fingerprint density at radius 3 is 2.90 bits per heavy atom. The van der Waals surface area contributed by atoms with E-state index in [1.165, 1.54) is 5.39 Å². The monoisotopic (exact) mass is 400 g/mol. The van der Waals surface area contributed by atoms with Gasteiger partial charge in [0.05, 0.1) is 17.3 Å². The second-order valence-electron chi connectivity index (χ2n) is 7.26. The summed E-state index contributed by atoms with van der Waals surface area (Å²) in [4.78, 5) is 7.25. The first-order valence-electron chi connectivity index (χ1n) is 10.1. The second-order valence-corrected chi connectivity index (χ2v) is 7.26. The molecule has 1 unspecified atom stereocenters. The molecule has 5 rings (SSSR count). The van der Waals surface area contributed by atoms with E-state index in [1.807, 2.05) is 42.6 Å². The molecule has 0 saturated carbocycles. The van der Waals surface area contributed by atoms with Gasteiger partial charge in [0, 0.05) is 24.0 Å². The van der Waals surface area contributed by atoms with Crippen molar-refractivity contribution >= 4 is 41.4 Å².